The second kappa shape index (κ2) is 6.37. The first-order chi connectivity index (χ1) is 11.0. The molecule has 2 heterocycles. The number of carbonyl (C=O) groups is 2. The summed E-state index contributed by atoms with van der Waals surface area (Å²) in [5.41, 5.74) is 2.95. The van der Waals surface area contributed by atoms with Crippen molar-refractivity contribution in [3.05, 3.63) is 33.8 Å². The molecule has 23 heavy (non-hydrogen) atoms. The Morgan fingerprint density at radius 2 is 2.17 bits per heavy atom. The number of amides is 2. The number of nitrogens with zero attached hydrogens (tertiary/aromatic N) is 2. The maximum absolute atomic E-state index is 12.1. The average Bonchev–Trinajstić information content (AvgIpc) is 3.13. The summed E-state index contributed by atoms with van der Waals surface area (Å²) in [6.07, 6.45) is 0.710. The second-order valence-electron chi connectivity index (χ2n) is 5.95. The zero-order valence-corrected chi connectivity index (χ0v) is 13.7. The third kappa shape index (κ3) is 3.01. The minimum absolute atomic E-state index is 0.0434. The van der Waals surface area contributed by atoms with Crippen LogP contribution in [0.1, 0.15) is 35.6 Å². The minimum atomic E-state index is -0.911. The first-order valence-corrected chi connectivity index (χ1v) is 7.96. The predicted octanol–water partition coefficient (Wildman–Crippen LogP) is 2.64. The number of ether oxygens (including phenoxy) is 1. The normalized spacial score (nSPS) is 20.0. The number of halogens is 1. The molecule has 0 spiro atoms. The van der Waals surface area contributed by atoms with Crippen LogP contribution in [0, 0.1) is 0 Å². The van der Waals surface area contributed by atoms with Gasteiger partial charge in [0.2, 0.25) is 5.91 Å². The van der Waals surface area contributed by atoms with Crippen LogP contribution in [0.2, 0.25) is 5.02 Å². The molecule has 1 saturated heterocycles. The largest absolute Gasteiger partial charge is 0.465 e. The van der Waals surface area contributed by atoms with Crippen molar-refractivity contribution in [2.24, 2.45) is 0 Å². The lowest BCUT2D eigenvalue weighted by Gasteiger charge is -2.24. The van der Waals surface area contributed by atoms with E-state index in [0.29, 0.717) is 24.7 Å². The number of hydrogen-bond donors (Lipinski definition) is 1. The first-order valence-electron chi connectivity index (χ1n) is 7.58. The number of methoxy groups -OCH3 is 1. The van der Waals surface area contributed by atoms with E-state index in [1.54, 1.807) is 4.90 Å². The molecular formula is C16H19ClN2O4. The highest BCUT2D eigenvalue weighted by Gasteiger charge is 2.34. The molecule has 0 aromatic heterocycles. The van der Waals surface area contributed by atoms with Crippen LogP contribution < -0.4 is 0 Å². The van der Waals surface area contributed by atoms with Crippen molar-refractivity contribution in [1.82, 2.24) is 9.80 Å². The van der Waals surface area contributed by atoms with Crippen LogP contribution in [0.5, 0.6) is 0 Å². The molecule has 0 aliphatic carbocycles. The third-order valence-corrected chi connectivity index (χ3v) is 4.75. The van der Waals surface area contributed by atoms with Crippen LogP contribution in [-0.2, 0) is 22.6 Å². The Labute approximate surface area is 139 Å². The van der Waals surface area contributed by atoms with Gasteiger partial charge in [-0.2, -0.15) is 0 Å². The number of carboxylic acid groups (broad SMARTS) is 1. The van der Waals surface area contributed by atoms with Gasteiger partial charge >= 0.3 is 6.09 Å². The highest BCUT2D eigenvalue weighted by atomic mass is 35.5. The molecule has 1 fully saturated rings. The van der Waals surface area contributed by atoms with Gasteiger partial charge in [0.1, 0.15) is 6.61 Å². The van der Waals surface area contributed by atoms with E-state index in [9.17, 15) is 14.7 Å². The molecule has 1 aromatic carbocycles. The summed E-state index contributed by atoms with van der Waals surface area (Å²) >= 11 is 6.23. The highest BCUT2D eigenvalue weighted by Crippen LogP contribution is 2.39. The standard InChI is InChI=1S/C16H19ClN2O4/c1-23-9-15(20)18-7-10-5-11(17)6-12(13(10)8-18)14-3-2-4-19(14)16(21)22/h5-6,14H,2-4,7-9H2,1H3,(H,21,22)/t14-/m0/s1. The van der Waals surface area contributed by atoms with E-state index < -0.39 is 6.09 Å². The van der Waals surface area contributed by atoms with Crippen molar-refractivity contribution in [2.45, 2.75) is 32.0 Å². The van der Waals surface area contributed by atoms with Gasteiger partial charge in [-0.3, -0.25) is 4.79 Å². The van der Waals surface area contributed by atoms with E-state index in [1.165, 1.54) is 12.0 Å². The molecule has 2 aliphatic rings. The summed E-state index contributed by atoms with van der Waals surface area (Å²) in [5, 5.41) is 9.97. The monoisotopic (exact) mass is 338 g/mol. The fourth-order valence-corrected chi connectivity index (χ4v) is 3.76. The van der Waals surface area contributed by atoms with Crippen molar-refractivity contribution in [2.75, 3.05) is 20.3 Å². The molecule has 0 saturated carbocycles. The van der Waals surface area contributed by atoms with E-state index in [-0.39, 0.29) is 18.6 Å². The SMILES string of the molecule is COCC(=O)N1Cc2cc(Cl)cc([C@@H]3CCCN3C(=O)O)c2C1. The van der Waals surface area contributed by atoms with E-state index >= 15 is 0 Å². The summed E-state index contributed by atoms with van der Waals surface area (Å²) in [6, 6.07) is 3.52. The fourth-order valence-electron chi connectivity index (χ4n) is 3.51. The van der Waals surface area contributed by atoms with Crippen LogP contribution in [-0.4, -0.2) is 47.2 Å². The van der Waals surface area contributed by atoms with Crippen LogP contribution in [0.15, 0.2) is 12.1 Å². The van der Waals surface area contributed by atoms with Crippen LogP contribution in [0.4, 0.5) is 4.79 Å². The molecule has 0 unspecified atom stereocenters. The molecule has 1 atom stereocenters. The van der Waals surface area contributed by atoms with E-state index in [1.807, 2.05) is 12.1 Å². The van der Waals surface area contributed by atoms with Gasteiger partial charge in [-0.05, 0) is 41.7 Å². The fraction of sp³-hybridized carbons (Fsp3) is 0.500. The van der Waals surface area contributed by atoms with Crippen LogP contribution in [0.25, 0.3) is 0 Å². The van der Waals surface area contributed by atoms with Crippen LogP contribution in [0.3, 0.4) is 0 Å². The molecule has 2 amide bonds. The number of carbonyl (C=O) groups excluding carboxylic acids is 1. The van der Waals surface area contributed by atoms with Gasteiger partial charge in [0.15, 0.2) is 0 Å². The first kappa shape index (κ1) is 16.1. The third-order valence-electron chi connectivity index (χ3n) is 4.53. The summed E-state index contributed by atoms with van der Waals surface area (Å²) in [5.74, 6) is -0.0766. The molecule has 0 bridgehead atoms. The van der Waals surface area contributed by atoms with E-state index in [0.717, 1.165) is 29.5 Å². The molecule has 7 heteroatoms. The average molecular weight is 339 g/mol. The van der Waals surface area contributed by atoms with Gasteiger partial charge in [0.05, 0.1) is 6.04 Å². The van der Waals surface area contributed by atoms with Crippen LogP contribution >= 0.6 is 11.6 Å². The molecule has 2 aliphatic heterocycles. The van der Waals surface area contributed by atoms with Gasteiger partial charge < -0.3 is 19.6 Å². The number of benzene rings is 1. The lowest BCUT2D eigenvalue weighted by atomic mass is 9.96. The second-order valence-corrected chi connectivity index (χ2v) is 6.39. The predicted molar refractivity (Wildman–Crippen MR) is 84.3 cm³/mol. The number of fused-ring (bicyclic) bond motifs is 1. The number of hydrogen-bond acceptors (Lipinski definition) is 3. The Hall–Kier alpha value is -1.79. The summed E-state index contributed by atoms with van der Waals surface area (Å²) in [7, 11) is 1.49. The van der Waals surface area contributed by atoms with Gasteiger partial charge in [0.25, 0.3) is 0 Å². The van der Waals surface area contributed by atoms with E-state index in [4.69, 9.17) is 16.3 Å². The maximum atomic E-state index is 12.1. The molecule has 3 rings (SSSR count). The summed E-state index contributed by atoms with van der Waals surface area (Å²) in [6.45, 7) is 1.55. The lowest BCUT2D eigenvalue weighted by Crippen LogP contribution is -2.30. The highest BCUT2D eigenvalue weighted by molar-refractivity contribution is 6.30. The van der Waals surface area contributed by atoms with E-state index in [2.05, 4.69) is 0 Å². The Bertz CT molecular complexity index is 649. The lowest BCUT2D eigenvalue weighted by molar-refractivity contribution is -0.135. The smallest absolute Gasteiger partial charge is 0.407 e. The minimum Gasteiger partial charge on any atom is -0.465 e. The summed E-state index contributed by atoms with van der Waals surface area (Å²) in [4.78, 5) is 26.7. The number of likely N-dealkylation sites (tertiary alicyclic amines) is 1. The molecule has 6 nitrogen and oxygen atoms in total. The Morgan fingerprint density at radius 1 is 1.39 bits per heavy atom. The van der Waals surface area contributed by atoms with Crippen molar-refractivity contribution in [3.8, 4) is 0 Å². The Kier molecular flexibility index (Phi) is 4.46. The van der Waals surface area contributed by atoms with Crippen molar-refractivity contribution in [3.63, 3.8) is 0 Å². The molecule has 1 N–H and O–H groups in total. The molecule has 124 valence electrons. The summed E-state index contributed by atoms with van der Waals surface area (Å²) < 4.78 is 4.91. The van der Waals surface area contributed by atoms with Gasteiger partial charge in [-0.25, -0.2) is 4.79 Å². The number of rotatable bonds is 3. The molecule has 1 aromatic rings. The van der Waals surface area contributed by atoms with Gasteiger partial charge in [0, 0.05) is 31.8 Å². The van der Waals surface area contributed by atoms with Gasteiger partial charge in [-0.15, -0.1) is 0 Å². The van der Waals surface area contributed by atoms with Crippen molar-refractivity contribution >= 4 is 23.6 Å². The quantitative estimate of drug-likeness (QED) is 0.919. The van der Waals surface area contributed by atoms with Gasteiger partial charge in [-0.1, -0.05) is 11.6 Å². The zero-order valence-electron chi connectivity index (χ0n) is 12.9. The zero-order chi connectivity index (χ0) is 16.6. The van der Waals surface area contributed by atoms with Crippen molar-refractivity contribution < 1.29 is 19.4 Å². The molecule has 0 radical (unpaired) electrons. The van der Waals surface area contributed by atoms with Crippen molar-refractivity contribution in [1.29, 1.82) is 0 Å². The topological polar surface area (TPSA) is 70.1 Å². The Morgan fingerprint density at radius 3 is 2.87 bits per heavy atom. The Balaban J connectivity index is 1.93. The molecular weight excluding hydrogens is 320 g/mol. The maximum Gasteiger partial charge on any atom is 0.407 e.